The zero-order valence-corrected chi connectivity index (χ0v) is 28.3. The molecule has 6 unspecified atom stereocenters. The van der Waals surface area contributed by atoms with E-state index in [4.69, 9.17) is 28.4 Å². The van der Waals surface area contributed by atoms with Crippen molar-refractivity contribution in [1.82, 2.24) is 16.0 Å². The highest BCUT2D eigenvalue weighted by Crippen LogP contribution is 2.31. The minimum atomic E-state index is -1.60. The highest BCUT2D eigenvalue weighted by Gasteiger charge is 2.50. The van der Waals surface area contributed by atoms with Crippen molar-refractivity contribution >= 4 is 23.7 Å². The number of aliphatic hydroxyl groups excluding tert-OH is 7. The summed E-state index contributed by atoms with van der Waals surface area (Å²) in [6.07, 6.45) is -12.5. The maximum Gasteiger partial charge on any atom is 0.302 e. The van der Waals surface area contributed by atoms with Gasteiger partial charge in [-0.3, -0.25) is 19.2 Å². The summed E-state index contributed by atoms with van der Waals surface area (Å²) in [5.74, 6) is -4.16. The Balaban J connectivity index is 1.77. The topological polar surface area (TPSA) is 301 Å². The Labute approximate surface area is 288 Å². The average Bonchev–Trinajstić information content (AvgIpc) is 3.04. The van der Waals surface area contributed by atoms with E-state index in [-0.39, 0.29) is 26.4 Å². The molecule has 3 heterocycles. The van der Waals surface area contributed by atoms with Crippen LogP contribution >= 0.6 is 0 Å². The van der Waals surface area contributed by atoms with Gasteiger partial charge in [0, 0.05) is 33.6 Å². The molecule has 0 aromatic rings. The van der Waals surface area contributed by atoms with Gasteiger partial charge in [-0.05, 0) is 0 Å². The molecule has 3 aliphatic rings. The second kappa shape index (κ2) is 19.3. The van der Waals surface area contributed by atoms with Crippen molar-refractivity contribution in [2.45, 2.75) is 107 Å². The molecule has 3 saturated heterocycles. The first kappa shape index (κ1) is 41.8. The van der Waals surface area contributed by atoms with Crippen molar-refractivity contribution in [2.24, 2.45) is 11.8 Å². The Morgan fingerprint density at radius 1 is 0.540 bits per heavy atom. The summed E-state index contributed by atoms with van der Waals surface area (Å²) in [4.78, 5) is 48.0. The van der Waals surface area contributed by atoms with Crippen molar-refractivity contribution in [3.05, 3.63) is 0 Å². The molecule has 10 N–H and O–H groups in total. The lowest BCUT2D eigenvalue weighted by Crippen LogP contribution is -2.66. The molecule has 3 aliphatic heterocycles. The molecule has 50 heavy (non-hydrogen) atoms. The number of carbonyl (C=O) groups is 4. The van der Waals surface area contributed by atoms with Crippen LogP contribution in [0.5, 0.6) is 0 Å². The van der Waals surface area contributed by atoms with Crippen LogP contribution in [0.2, 0.25) is 0 Å². The molecule has 0 aromatic carbocycles. The zero-order valence-electron chi connectivity index (χ0n) is 28.3. The number of amides is 3. The predicted octanol–water partition coefficient (Wildman–Crippen LogP) is -5.99. The van der Waals surface area contributed by atoms with Gasteiger partial charge in [-0.25, -0.2) is 0 Å². The third-order valence-corrected chi connectivity index (χ3v) is 8.89. The third-order valence-electron chi connectivity index (χ3n) is 8.89. The van der Waals surface area contributed by atoms with Gasteiger partial charge in [0.25, 0.3) is 0 Å². The summed E-state index contributed by atoms with van der Waals surface area (Å²) in [7, 11) is 0. The fourth-order valence-corrected chi connectivity index (χ4v) is 6.57. The fourth-order valence-electron chi connectivity index (χ4n) is 6.57. The Hall–Kier alpha value is -2.60. The molecule has 0 aromatic heterocycles. The number of hydrogen-bond donors (Lipinski definition) is 10. The minimum Gasteiger partial charge on any atom is -0.460 e. The smallest absolute Gasteiger partial charge is 0.302 e. The summed E-state index contributed by atoms with van der Waals surface area (Å²) in [5.41, 5.74) is 0. The van der Waals surface area contributed by atoms with Crippen molar-refractivity contribution < 1.29 is 83.3 Å². The van der Waals surface area contributed by atoms with Gasteiger partial charge >= 0.3 is 5.97 Å². The molecule has 0 spiro atoms. The fraction of sp³-hybridized carbons (Fsp3) is 0.867. The Morgan fingerprint density at radius 2 is 1.00 bits per heavy atom. The molecule has 0 aliphatic carbocycles. The van der Waals surface area contributed by atoms with Crippen LogP contribution in [-0.2, 0) is 47.6 Å². The lowest BCUT2D eigenvalue weighted by molar-refractivity contribution is -0.249. The predicted molar refractivity (Wildman–Crippen MR) is 164 cm³/mol. The van der Waals surface area contributed by atoms with Gasteiger partial charge in [-0.15, -0.1) is 0 Å². The summed E-state index contributed by atoms with van der Waals surface area (Å²) < 4.78 is 34.6. The van der Waals surface area contributed by atoms with Crippen LogP contribution in [0.4, 0.5) is 0 Å². The van der Waals surface area contributed by atoms with Gasteiger partial charge in [-0.1, -0.05) is 0 Å². The molecule has 3 fully saturated rings. The maximum atomic E-state index is 12.3. The summed E-state index contributed by atoms with van der Waals surface area (Å²) in [6.45, 7) is 1.81. The van der Waals surface area contributed by atoms with Gasteiger partial charge in [0.05, 0.1) is 82.6 Å². The summed E-state index contributed by atoms with van der Waals surface area (Å²) in [5, 5.41) is 79.4. The number of ether oxygens (including phenoxy) is 6. The number of nitrogens with one attached hydrogen (secondary N) is 3. The van der Waals surface area contributed by atoms with Crippen LogP contribution in [0.15, 0.2) is 0 Å². The van der Waals surface area contributed by atoms with Crippen LogP contribution in [0.3, 0.4) is 0 Å². The minimum absolute atomic E-state index is 0.265. The van der Waals surface area contributed by atoms with Crippen molar-refractivity contribution in [1.29, 1.82) is 0 Å². The van der Waals surface area contributed by atoms with Gasteiger partial charge in [0.2, 0.25) is 17.7 Å². The van der Waals surface area contributed by atoms with Crippen molar-refractivity contribution in [2.75, 3.05) is 46.2 Å². The van der Waals surface area contributed by atoms with Crippen LogP contribution in [-0.4, -0.2) is 185 Å². The Kier molecular flexibility index (Phi) is 16.1. The van der Waals surface area contributed by atoms with E-state index in [1.165, 1.54) is 20.8 Å². The van der Waals surface area contributed by atoms with Gasteiger partial charge in [0.15, 0.2) is 6.29 Å². The maximum absolute atomic E-state index is 12.3. The molecule has 15 atom stereocenters. The normalized spacial score (nSPS) is 38.9. The van der Waals surface area contributed by atoms with E-state index >= 15 is 0 Å². The summed E-state index contributed by atoms with van der Waals surface area (Å²) >= 11 is 0. The van der Waals surface area contributed by atoms with E-state index in [9.17, 15) is 54.9 Å². The highest BCUT2D eigenvalue weighted by atomic mass is 16.6. The van der Waals surface area contributed by atoms with Crippen LogP contribution < -0.4 is 16.0 Å². The number of esters is 1. The second-order valence-corrected chi connectivity index (χ2v) is 12.7. The van der Waals surface area contributed by atoms with E-state index in [0.717, 1.165) is 6.92 Å². The number of aliphatic hydroxyl groups is 7. The van der Waals surface area contributed by atoms with Gasteiger partial charge < -0.3 is 80.1 Å². The van der Waals surface area contributed by atoms with Gasteiger partial charge in [-0.2, -0.15) is 0 Å². The Morgan fingerprint density at radius 3 is 1.52 bits per heavy atom. The van der Waals surface area contributed by atoms with Crippen LogP contribution in [0.25, 0.3) is 0 Å². The van der Waals surface area contributed by atoms with Crippen molar-refractivity contribution in [3.8, 4) is 0 Å². The number of carbonyl (C=O) groups excluding carboxylic acids is 4. The molecule has 20 heteroatoms. The molecule has 3 amide bonds. The van der Waals surface area contributed by atoms with E-state index in [1.807, 2.05) is 0 Å². The second-order valence-electron chi connectivity index (χ2n) is 12.7. The van der Waals surface area contributed by atoms with Crippen LogP contribution in [0, 0.1) is 11.8 Å². The molecular weight excluding hydrogens is 674 g/mol. The monoisotopic (exact) mass is 725 g/mol. The van der Waals surface area contributed by atoms with Crippen LogP contribution in [0.1, 0.15) is 27.7 Å². The first-order chi connectivity index (χ1) is 23.6. The standard InChI is InChI=1S/C30H51N3O17/c1-12(37)31-23-21(49-20(7-36)27(42)28(23)43)10-46-9-17-19(6-35)48-22(24(32-13(2)38)29(17)47-15(4)40)11-45-8-16-18(5-34)50-30(44)25(26(16)41)33-14(3)39/h16-30,34-36,41-44H,5-11H2,1-4H3,(H,31,37)(H,32,38)(H,33,39)/t16-,17-,18?,19?,20?,21+,22+,23?,24?,25?,26+,27-,28-,29+,30-/m1/s1. The van der Waals surface area contributed by atoms with E-state index < -0.39 is 135 Å². The first-order valence-electron chi connectivity index (χ1n) is 16.3. The lowest BCUT2D eigenvalue weighted by atomic mass is 9.85. The van der Waals surface area contributed by atoms with Gasteiger partial charge in [0.1, 0.15) is 42.7 Å². The lowest BCUT2D eigenvalue weighted by Gasteiger charge is -2.46. The summed E-state index contributed by atoms with van der Waals surface area (Å²) in [6, 6.07) is -3.39. The average molecular weight is 726 g/mol. The molecule has 288 valence electrons. The SMILES string of the molecule is CC(=O)NC1[C@H](COC[C@@H]2C(CO)O[C@@H](COC[C@@H]3C(CO)O[C@@H](O)C(NC(C)=O)[C@H]3O)C(NC(C)=O)[C@H]2OC(C)=O)OC(CO)[C@@H](O)[C@@H]1O. The zero-order chi connectivity index (χ0) is 37.3. The number of hydrogen-bond acceptors (Lipinski definition) is 17. The van der Waals surface area contributed by atoms with E-state index in [0.29, 0.717) is 0 Å². The first-order valence-corrected chi connectivity index (χ1v) is 16.3. The third kappa shape index (κ3) is 10.7. The molecule has 0 radical (unpaired) electrons. The largest absolute Gasteiger partial charge is 0.460 e. The highest BCUT2D eigenvalue weighted by molar-refractivity contribution is 5.74. The molecule has 3 rings (SSSR count). The van der Waals surface area contributed by atoms with E-state index in [2.05, 4.69) is 16.0 Å². The van der Waals surface area contributed by atoms with E-state index in [1.54, 1.807) is 0 Å². The number of rotatable bonds is 15. The quantitative estimate of drug-likeness (QED) is 0.0703. The molecule has 0 bridgehead atoms. The molecular formula is C30H51N3O17. The van der Waals surface area contributed by atoms with Crippen molar-refractivity contribution in [3.63, 3.8) is 0 Å². The molecule has 0 saturated carbocycles. The Bertz CT molecular complexity index is 1130. The molecule has 20 nitrogen and oxygen atoms in total.